The van der Waals surface area contributed by atoms with E-state index in [1.807, 2.05) is 0 Å². The molecule has 9 heteroatoms. The molecule has 3 fully saturated rings. The van der Waals surface area contributed by atoms with Crippen LogP contribution in [-0.4, -0.2) is 12.3 Å². The lowest BCUT2D eigenvalue weighted by molar-refractivity contribution is -0.224. The molecule has 48 heavy (non-hydrogen) atoms. The van der Waals surface area contributed by atoms with Gasteiger partial charge in [0.05, 0.1) is 5.92 Å². The van der Waals surface area contributed by atoms with Crippen molar-refractivity contribution in [2.45, 2.75) is 122 Å². The number of hydrogen-bond donors (Lipinski definition) is 0. The van der Waals surface area contributed by atoms with Crippen LogP contribution < -0.4 is 4.74 Å². The predicted molar refractivity (Wildman–Crippen MR) is 173 cm³/mol. The van der Waals surface area contributed by atoms with Gasteiger partial charge in [0.15, 0.2) is 0 Å². The highest BCUT2D eigenvalue weighted by molar-refractivity contribution is 5.68. The standard InChI is InChI=1S/C39H48F8O/c1-2-3-4-5-25-6-8-26(9-7-25)27-10-12-28(13-11-27)29-14-16-31(17-15-29)39(46,47)48-32-18-19-33(37(42)24-32)30-22-35(40)34(36(41)23-30)20-21-38(43,44)45/h18-29,31H,2-17H2,1H3. The van der Waals surface area contributed by atoms with Crippen molar-refractivity contribution in [2.75, 3.05) is 0 Å². The number of hydrogen-bond acceptors (Lipinski definition) is 1. The van der Waals surface area contributed by atoms with Crippen molar-refractivity contribution in [3.05, 3.63) is 59.4 Å². The molecule has 0 unspecified atom stereocenters. The van der Waals surface area contributed by atoms with Crippen LogP contribution in [0.2, 0.25) is 0 Å². The number of allylic oxidation sites excluding steroid dienone is 1. The minimum absolute atomic E-state index is 0.253. The summed E-state index contributed by atoms with van der Waals surface area (Å²) in [5.41, 5.74) is -1.52. The summed E-state index contributed by atoms with van der Waals surface area (Å²) in [4.78, 5) is 0. The van der Waals surface area contributed by atoms with Crippen LogP contribution in [0.1, 0.15) is 115 Å². The summed E-state index contributed by atoms with van der Waals surface area (Å²) in [7, 11) is 0. The van der Waals surface area contributed by atoms with Crippen molar-refractivity contribution < 1.29 is 39.9 Å². The van der Waals surface area contributed by atoms with E-state index in [0.29, 0.717) is 36.8 Å². The average molecular weight is 685 g/mol. The van der Waals surface area contributed by atoms with E-state index < -0.39 is 47.0 Å². The number of unbranched alkanes of at least 4 members (excludes halogenated alkanes) is 2. The zero-order valence-corrected chi connectivity index (χ0v) is 27.8. The molecule has 0 aromatic heterocycles. The van der Waals surface area contributed by atoms with Gasteiger partial charge in [0.1, 0.15) is 23.2 Å². The maximum atomic E-state index is 15.3. The largest absolute Gasteiger partial charge is 0.432 e. The second-order valence-corrected chi connectivity index (χ2v) is 14.6. The summed E-state index contributed by atoms with van der Waals surface area (Å²) in [6.45, 7) is 2.26. The summed E-state index contributed by atoms with van der Waals surface area (Å²) in [5, 5.41) is 0. The number of alkyl halides is 5. The lowest BCUT2D eigenvalue weighted by atomic mass is 9.65. The smallest absolute Gasteiger partial charge is 0.409 e. The van der Waals surface area contributed by atoms with E-state index in [1.54, 1.807) is 0 Å². The van der Waals surface area contributed by atoms with Gasteiger partial charge in [0.25, 0.3) is 0 Å². The van der Waals surface area contributed by atoms with Gasteiger partial charge in [-0.2, -0.15) is 22.0 Å². The number of ether oxygens (including phenoxy) is 1. The molecule has 3 saturated carbocycles. The third-order valence-corrected chi connectivity index (χ3v) is 11.5. The molecule has 0 amide bonds. The number of halogens is 8. The Morgan fingerprint density at radius 2 is 1.19 bits per heavy atom. The van der Waals surface area contributed by atoms with Gasteiger partial charge in [-0.05, 0) is 130 Å². The summed E-state index contributed by atoms with van der Waals surface area (Å²) < 4.78 is 117. The van der Waals surface area contributed by atoms with Crippen LogP contribution in [0, 0.1) is 53.0 Å². The molecule has 266 valence electrons. The van der Waals surface area contributed by atoms with Crippen molar-refractivity contribution in [1.29, 1.82) is 0 Å². The topological polar surface area (TPSA) is 9.23 Å². The first-order valence-electron chi connectivity index (χ1n) is 17.9. The highest BCUT2D eigenvalue weighted by atomic mass is 19.4. The van der Waals surface area contributed by atoms with Crippen molar-refractivity contribution in [1.82, 2.24) is 0 Å². The van der Waals surface area contributed by atoms with Gasteiger partial charge in [-0.25, -0.2) is 13.2 Å². The molecule has 0 aliphatic heterocycles. The van der Waals surface area contributed by atoms with Crippen molar-refractivity contribution in [3.8, 4) is 16.9 Å². The SMILES string of the molecule is CCCCCC1CCC(C2CCC(C3CCC(C(F)(F)Oc4ccc(-c5cc(F)c(C=CC(F)(F)F)c(F)c5)c(F)c4)CC3)CC2)CC1. The van der Waals surface area contributed by atoms with Crippen LogP contribution in [0.25, 0.3) is 17.2 Å². The second kappa shape index (κ2) is 16.0. The minimum atomic E-state index is -4.77. The normalized spacial score (nSPS) is 27.4. The maximum Gasteiger partial charge on any atom is 0.409 e. The lowest BCUT2D eigenvalue weighted by Crippen LogP contribution is -2.38. The molecule has 2 aromatic rings. The van der Waals surface area contributed by atoms with Crippen molar-refractivity contribution >= 4 is 6.08 Å². The van der Waals surface area contributed by atoms with E-state index >= 15 is 8.78 Å². The Balaban J connectivity index is 1.09. The van der Waals surface area contributed by atoms with Crippen LogP contribution in [-0.2, 0) is 0 Å². The summed E-state index contributed by atoms with van der Waals surface area (Å²) >= 11 is 0. The molecular formula is C39H48F8O. The molecule has 0 saturated heterocycles. The first-order valence-corrected chi connectivity index (χ1v) is 17.9. The van der Waals surface area contributed by atoms with E-state index in [1.165, 1.54) is 77.0 Å². The first kappa shape index (κ1) is 36.7. The van der Waals surface area contributed by atoms with Gasteiger partial charge in [0.2, 0.25) is 0 Å². The molecule has 0 spiro atoms. The third-order valence-electron chi connectivity index (χ3n) is 11.5. The quantitative estimate of drug-likeness (QED) is 0.169. The molecular weight excluding hydrogens is 636 g/mol. The number of benzene rings is 2. The summed E-state index contributed by atoms with van der Waals surface area (Å²) in [5.74, 6) is -1.49. The van der Waals surface area contributed by atoms with E-state index in [2.05, 4.69) is 6.92 Å². The molecule has 5 rings (SSSR count). The maximum absolute atomic E-state index is 15.3. The zero-order chi connectivity index (χ0) is 34.5. The molecule has 3 aliphatic carbocycles. The molecule has 3 aliphatic rings. The molecule has 0 radical (unpaired) electrons. The number of rotatable bonds is 11. The Labute approximate surface area is 279 Å². The Bertz CT molecular complexity index is 1340. The minimum Gasteiger partial charge on any atom is -0.432 e. The highest BCUT2D eigenvalue weighted by Gasteiger charge is 2.45. The molecule has 0 bridgehead atoms. The van der Waals surface area contributed by atoms with Crippen LogP contribution in [0.5, 0.6) is 5.75 Å². The molecule has 0 N–H and O–H groups in total. The van der Waals surface area contributed by atoms with Gasteiger partial charge < -0.3 is 4.74 Å². The fourth-order valence-electron chi connectivity index (χ4n) is 8.76. The van der Waals surface area contributed by atoms with Crippen LogP contribution in [0.15, 0.2) is 36.4 Å². The van der Waals surface area contributed by atoms with Gasteiger partial charge >= 0.3 is 12.3 Å². The Morgan fingerprint density at radius 3 is 1.69 bits per heavy atom. The van der Waals surface area contributed by atoms with Crippen molar-refractivity contribution in [3.63, 3.8) is 0 Å². The van der Waals surface area contributed by atoms with E-state index in [4.69, 9.17) is 4.74 Å². The highest BCUT2D eigenvalue weighted by Crippen LogP contribution is 2.48. The van der Waals surface area contributed by atoms with Crippen LogP contribution in [0.3, 0.4) is 0 Å². The molecule has 2 aromatic carbocycles. The van der Waals surface area contributed by atoms with Crippen LogP contribution in [0.4, 0.5) is 35.1 Å². The summed E-state index contributed by atoms with van der Waals surface area (Å²) in [6.07, 6.45) is 9.55. The monoisotopic (exact) mass is 684 g/mol. The summed E-state index contributed by atoms with van der Waals surface area (Å²) in [6, 6.07) is 4.28. The van der Waals surface area contributed by atoms with Gasteiger partial charge in [-0.15, -0.1) is 0 Å². The average Bonchev–Trinajstić information content (AvgIpc) is 3.04. The van der Waals surface area contributed by atoms with E-state index in [0.717, 1.165) is 48.8 Å². The second-order valence-electron chi connectivity index (χ2n) is 14.6. The molecule has 0 heterocycles. The van der Waals surface area contributed by atoms with Gasteiger partial charge in [0, 0.05) is 23.3 Å². The van der Waals surface area contributed by atoms with E-state index in [9.17, 15) is 26.3 Å². The third kappa shape index (κ3) is 9.56. The molecule has 1 nitrogen and oxygen atoms in total. The first-order chi connectivity index (χ1) is 22.8. The van der Waals surface area contributed by atoms with Gasteiger partial charge in [-0.1, -0.05) is 45.4 Å². The Hall–Kier alpha value is -2.58. The fraction of sp³-hybridized carbons (Fsp3) is 0.641. The molecule has 0 atom stereocenters. The zero-order valence-electron chi connectivity index (χ0n) is 27.8. The van der Waals surface area contributed by atoms with Crippen LogP contribution >= 0.6 is 0 Å². The Kier molecular flexibility index (Phi) is 12.2. The lowest BCUT2D eigenvalue weighted by Gasteiger charge is -2.42. The Morgan fingerprint density at radius 1 is 0.667 bits per heavy atom. The van der Waals surface area contributed by atoms with Crippen molar-refractivity contribution in [2.24, 2.45) is 35.5 Å². The van der Waals surface area contributed by atoms with Gasteiger partial charge in [-0.3, -0.25) is 0 Å². The van der Waals surface area contributed by atoms with E-state index in [-0.39, 0.29) is 23.3 Å². The predicted octanol–water partition coefficient (Wildman–Crippen LogP) is 13.3. The fourth-order valence-corrected chi connectivity index (χ4v) is 8.76.